The molecule has 0 aliphatic carbocycles. The van der Waals surface area contributed by atoms with Gasteiger partial charge in [-0.15, -0.1) is 0 Å². The molecular weight excluding hydrogens is 180 g/mol. The molecule has 5 heteroatoms. The average molecular weight is 192 g/mol. The van der Waals surface area contributed by atoms with Gasteiger partial charge in [0.1, 0.15) is 0 Å². The normalized spacial score (nSPS) is 15.4. The van der Waals surface area contributed by atoms with E-state index in [1.54, 1.807) is 0 Å². The monoisotopic (exact) mass is 192 g/mol. The van der Waals surface area contributed by atoms with Crippen molar-refractivity contribution in [2.45, 2.75) is 13.2 Å². The van der Waals surface area contributed by atoms with Gasteiger partial charge in [-0.05, 0) is 23.3 Å². The predicted molar refractivity (Wildman–Crippen MR) is 53.5 cm³/mol. The summed E-state index contributed by atoms with van der Waals surface area (Å²) in [7, 11) is 0. The summed E-state index contributed by atoms with van der Waals surface area (Å²) in [6, 6.07) is 5.83. The van der Waals surface area contributed by atoms with Crippen molar-refractivity contribution in [3.8, 4) is 0 Å². The Labute approximate surface area is 81.7 Å². The number of aliphatic imine (C=N–C) groups is 1. The Balaban J connectivity index is 2.29. The SMILES string of the molecule is NNC(N)=Nc1ccc2c(c1)COC2. The molecule has 5 N–H and O–H groups in total. The van der Waals surface area contributed by atoms with Crippen LogP contribution in [0, 0.1) is 0 Å². The van der Waals surface area contributed by atoms with E-state index in [1.807, 2.05) is 18.2 Å². The van der Waals surface area contributed by atoms with Gasteiger partial charge in [0.05, 0.1) is 18.9 Å². The average Bonchev–Trinajstić information content (AvgIpc) is 2.64. The van der Waals surface area contributed by atoms with E-state index in [4.69, 9.17) is 16.3 Å². The molecule has 0 spiro atoms. The number of guanidine groups is 1. The summed E-state index contributed by atoms with van der Waals surface area (Å²) in [5, 5.41) is 0. The lowest BCUT2D eigenvalue weighted by molar-refractivity contribution is 0.134. The molecule has 0 saturated heterocycles. The third kappa shape index (κ3) is 1.68. The minimum Gasteiger partial charge on any atom is -0.372 e. The number of nitrogens with zero attached hydrogens (tertiary/aromatic N) is 1. The molecule has 1 aromatic carbocycles. The number of fused-ring (bicyclic) bond motifs is 1. The van der Waals surface area contributed by atoms with Gasteiger partial charge < -0.3 is 10.5 Å². The van der Waals surface area contributed by atoms with E-state index in [1.165, 1.54) is 5.56 Å². The Morgan fingerprint density at radius 1 is 1.36 bits per heavy atom. The maximum absolute atomic E-state index is 5.43. The molecule has 1 aliphatic heterocycles. The molecule has 1 aliphatic rings. The molecule has 0 radical (unpaired) electrons. The van der Waals surface area contributed by atoms with Crippen LogP contribution in [0.15, 0.2) is 23.2 Å². The summed E-state index contributed by atoms with van der Waals surface area (Å²) in [6.07, 6.45) is 0. The molecule has 2 rings (SSSR count). The third-order valence-corrected chi connectivity index (χ3v) is 2.10. The van der Waals surface area contributed by atoms with Gasteiger partial charge in [-0.25, -0.2) is 10.8 Å². The fourth-order valence-electron chi connectivity index (χ4n) is 1.40. The standard InChI is InChI=1S/C9H12N4O/c10-9(13-11)12-8-2-1-6-4-14-5-7(6)3-8/h1-3H,4-5,11H2,(H3,10,12,13). The minimum atomic E-state index is 0.198. The van der Waals surface area contributed by atoms with Crippen LogP contribution in [0.5, 0.6) is 0 Å². The summed E-state index contributed by atoms with van der Waals surface area (Å²) in [5.74, 6) is 5.30. The number of hydrogen-bond donors (Lipinski definition) is 3. The van der Waals surface area contributed by atoms with E-state index in [9.17, 15) is 0 Å². The lowest BCUT2D eigenvalue weighted by Crippen LogP contribution is -2.36. The fourth-order valence-corrected chi connectivity index (χ4v) is 1.40. The molecule has 5 nitrogen and oxygen atoms in total. The van der Waals surface area contributed by atoms with Crippen molar-refractivity contribution in [2.75, 3.05) is 0 Å². The van der Waals surface area contributed by atoms with Gasteiger partial charge >= 0.3 is 0 Å². The van der Waals surface area contributed by atoms with Crippen LogP contribution in [-0.2, 0) is 18.0 Å². The van der Waals surface area contributed by atoms with Gasteiger partial charge in [0, 0.05) is 0 Å². The molecule has 0 saturated carbocycles. The number of nitrogens with two attached hydrogens (primary N) is 2. The van der Waals surface area contributed by atoms with Crippen LogP contribution < -0.4 is 17.0 Å². The van der Waals surface area contributed by atoms with Crippen LogP contribution in [0.3, 0.4) is 0 Å². The zero-order chi connectivity index (χ0) is 9.97. The van der Waals surface area contributed by atoms with Gasteiger partial charge in [0.15, 0.2) is 0 Å². The summed E-state index contributed by atoms with van der Waals surface area (Å²) in [4.78, 5) is 4.06. The van der Waals surface area contributed by atoms with Crippen LogP contribution in [-0.4, -0.2) is 5.96 Å². The van der Waals surface area contributed by atoms with Gasteiger partial charge in [-0.3, -0.25) is 5.43 Å². The summed E-state index contributed by atoms with van der Waals surface area (Å²) in [5.41, 5.74) is 10.9. The quantitative estimate of drug-likeness (QED) is 0.255. The summed E-state index contributed by atoms with van der Waals surface area (Å²) in [6.45, 7) is 1.33. The number of benzene rings is 1. The Morgan fingerprint density at radius 2 is 2.14 bits per heavy atom. The molecule has 74 valence electrons. The highest BCUT2D eigenvalue weighted by Crippen LogP contribution is 2.24. The van der Waals surface area contributed by atoms with Gasteiger partial charge in [-0.2, -0.15) is 0 Å². The highest BCUT2D eigenvalue weighted by Gasteiger charge is 2.10. The first kappa shape index (κ1) is 8.98. The zero-order valence-corrected chi connectivity index (χ0v) is 7.66. The van der Waals surface area contributed by atoms with E-state index < -0.39 is 0 Å². The topological polar surface area (TPSA) is 85.7 Å². The van der Waals surface area contributed by atoms with Crippen LogP contribution in [0.1, 0.15) is 11.1 Å². The number of rotatable bonds is 1. The molecular formula is C9H12N4O. The Hall–Kier alpha value is -1.59. The van der Waals surface area contributed by atoms with Crippen molar-refractivity contribution in [2.24, 2.45) is 16.6 Å². The zero-order valence-electron chi connectivity index (χ0n) is 7.66. The number of hydrazine groups is 1. The van der Waals surface area contributed by atoms with Crippen molar-refractivity contribution < 1.29 is 4.74 Å². The highest BCUT2D eigenvalue weighted by molar-refractivity contribution is 5.80. The van der Waals surface area contributed by atoms with Crippen LogP contribution >= 0.6 is 0 Å². The predicted octanol–water partition coefficient (Wildman–Crippen LogP) is 0.126. The van der Waals surface area contributed by atoms with Crippen molar-refractivity contribution in [1.29, 1.82) is 0 Å². The highest BCUT2D eigenvalue weighted by atomic mass is 16.5. The van der Waals surface area contributed by atoms with E-state index in [0.717, 1.165) is 11.3 Å². The van der Waals surface area contributed by atoms with E-state index >= 15 is 0 Å². The molecule has 0 bridgehead atoms. The maximum Gasteiger partial charge on any atom is 0.208 e. The second-order valence-corrected chi connectivity index (χ2v) is 3.09. The molecule has 1 heterocycles. The molecule has 0 fully saturated rings. The van der Waals surface area contributed by atoms with Crippen molar-refractivity contribution in [3.63, 3.8) is 0 Å². The van der Waals surface area contributed by atoms with E-state index in [-0.39, 0.29) is 5.96 Å². The third-order valence-electron chi connectivity index (χ3n) is 2.10. The second-order valence-electron chi connectivity index (χ2n) is 3.09. The van der Waals surface area contributed by atoms with Crippen molar-refractivity contribution >= 4 is 11.6 Å². The van der Waals surface area contributed by atoms with Crippen molar-refractivity contribution in [3.05, 3.63) is 29.3 Å². The Bertz CT molecular complexity index is 375. The van der Waals surface area contributed by atoms with Gasteiger partial charge in [0.2, 0.25) is 5.96 Å². The molecule has 0 unspecified atom stereocenters. The van der Waals surface area contributed by atoms with E-state index in [0.29, 0.717) is 13.2 Å². The number of hydrogen-bond acceptors (Lipinski definition) is 3. The van der Waals surface area contributed by atoms with Crippen molar-refractivity contribution in [1.82, 2.24) is 5.43 Å². The smallest absolute Gasteiger partial charge is 0.208 e. The Kier molecular flexibility index (Phi) is 2.34. The molecule has 0 amide bonds. The van der Waals surface area contributed by atoms with Crippen LogP contribution in [0.2, 0.25) is 0 Å². The first-order valence-electron chi connectivity index (χ1n) is 4.30. The first-order chi connectivity index (χ1) is 6.79. The molecule has 0 aromatic heterocycles. The van der Waals surface area contributed by atoms with E-state index in [2.05, 4.69) is 10.4 Å². The van der Waals surface area contributed by atoms with Crippen LogP contribution in [0.25, 0.3) is 0 Å². The molecule has 1 aromatic rings. The second kappa shape index (κ2) is 3.65. The fraction of sp³-hybridized carbons (Fsp3) is 0.222. The van der Waals surface area contributed by atoms with Gasteiger partial charge in [-0.1, -0.05) is 6.07 Å². The van der Waals surface area contributed by atoms with Gasteiger partial charge in [0.25, 0.3) is 0 Å². The molecule has 0 atom stereocenters. The first-order valence-corrected chi connectivity index (χ1v) is 4.30. The summed E-state index contributed by atoms with van der Waals surface area (Å²) >= 11 is 0. The lowest BCUT2D eigenvalue weighted by atomic mass is 10.1. The number of ether oxygens (including phenoxy) is 1. The Morgan fingerprint density at radius 3 is 2.93 bits per heavy atom. The maximum atomic E-state index is 5.43. The summed E-state index contributed by atoms with van der Waals surface area (Å²) < 4.78 is 5.28. The number of nitrogens with one attached hydrogen (secondary N) is 1. The largest absolute Gasteiger partial charge is 0.372 e. The minimum absolute atomic E-state index is 0.198. The molecule has 14 heavy (non-hydrogen) atoms. The van der Waals surface area contributed by atoms with Crippen LogP contribution in [0.4, 0.5) is 5.69 Å². The lowest BCUT2D eigenvalue weighted by Gasteiger charge is -2.00.